The quantitative estimate of drug-likeness (QED) is 0.930. The highest BCUT2D eigenvalue weighted by Crippen LogP contribution is 2.30. The zero-order valence-electron chi connectivity index (χ0n) is 10.2. The molecule has 1 heterocycles. The van der Waals surface area contributed by atoms with Crippen molar-refractivity contribution in [3.63, 3.8) is 0 Å². The van der Waals surface area contributed by atoms with E-state index in [1.807, 2.05) is 13.0 Å². The van der Waals surface area contributed by atoms with Crippen LogP contribution in [0.4, 0.5) is 4.39 Å². The fraction of sp³-hybridized carbons (Fsp3) is 0.462. The minimum Gasteiger partial charge on any atom is -0.369 e. The Morgan fingerprint density at radius 1 is 1.56 bits per heavy atom. The number of primary amides is 1. The van der Waals surface area contributed by atoms with E-state index in [9.17, 15) is 9.18 Å². The summed E-state index contributed by atoms with van der Waals surface area (Å²) in [6.45, 7) is 3.97. The van der Waals surface area contributed by atoms with Crippen LogP contribution in [-0.4, -0.2) is 23.9 Å². The van der Waals surface area contributed by atoms with Crippen LogP contribution < -0.4 is 5.73 Å². The Morgan fingerprint density at radius 2 is 2.28 bits per heavy atom. The summed E-state index contributed by atoms with van der Waals surface area (Å²) in [5.74, 6) is -0.512. The van der Waals surface area contributed by atoms with Crippen molar-refractivity contribution in [3.8, 4) is 0 Å². The second-order valence-corrected chi connectivity index (χ2v) is 6.08. The van der Waals surface area contributed by atoms with E-state index in [1.54, 1.807) is 0 Å². The Hall–Kier alpha value is -0.940. The van der Waals surface area contributed by atoms with E-state index in [2.05, 4.69) is 20.8 Å². The average Bonchev–Trinajstić information content (AvgIpc) is 2.60. The predicted molar refractivity (Wildman–Crippen MR) is 71.3 cm³/mol. The van der Waals surface area contributed by atoms with Crippen LogP contribution in [0.15, 0.2) is 22.7 Å². The Bertz CT molecular complexity index is 460. The first kappa shape index (κ1) is 13.5. The van der Waals surface area contributed by atoms with E-state index in [1.165, 1.54) is 12.1 Å². The number of carbonyl (C=O) groups is 1. The van der Waals surface area contributed by atoms with Gasteiger partial charge in [-0.3, -0.25) is 9.69 Å². The van der Waals surface area contributed by atoms with Crippen molar-refractivity contribution in [2.45, 2.75) is 19.9 Å². The van der Waals surface area contributed by atoms with Gasteiger partial charge in [-0.2, -0.15) is 0 Å². The fourth-order valence-corrected chi connectivity index (χ4v) is 2.87. The lowest BCUT2D eigenvalue weighted by atomic mass is 9.89. The highest BCUT2D eigenvalue weighted by atomic mass is 79.9. The number of hydrogen-bond acceptors (Lipinski definition) is 2. The number of rotatable bonds is 3. The van der Waals surface area contributed by atoms with Crippen LogP contribution in [-0.2, 0) is 11.3 Å². The first-order chi connectivity index (χ1) is 8.39. The second kappa shape index (κ2) is 4.97. The molecule has 0 radical (unpaired) electrons. The molecule has 3 nitrogen and oxygen atoms in total. The van der Waals surface area contributed by atoms with Crippen LogP contribution in [0.1, 0.15) is 18.9 Å². The van der Waals surface area contributed by atoms with Gasteiger partial charge in [0.2, 0.25) is 5.91 Å². The standard InChI is InChI=1S/C13H16BrFN2O/c1-13(12(16)18)2-3-17(8-13)7-9-4-10(14)6-11(15)5-9/h4-6H,2-3,7-8H2,1H3,(H2,16,18). The Balaban J connectivity index is 2.06. The number of benzene rings is 1. The third-order valence-corrected chi connectivity index (χ3v) is 3.93. The Labute approximate surface area is 114 Å². The van der Waals surface area contributed by atoms with Gasteiger partial charge in [-0.05, 0) is 43.7 Å². The zero-order chi connectivity index (χ0) is 13.3. The van der Waals surface area contributed by atoms with Gasteiger partial charge in [-0.25, -0.2) is 4.39 Å². The number of nitrogens with two attached hydrogens (primary N) is 1. The third kappa shape index (κ3) is 2.90. The molecule has 1 aromatic rings. The fourth-order valence-electron chi connectivity index (χ4n) is 2.35. The van der Waals surface area contributed by atoms with E-state index in [0.29, 0.717) is 13.1 Å². The number of amides is 1. The molecule has 1 fully saturated rings. The third-order valence-electron chi connectivity index (χ3n) is 3.48. The molecule has 0 aromatic heterocycles. The maximum absolute atomic E-state index is 13.3. The van der Waals surface area contributed by atoms with Gasteiger partial charge in [0, 0.05) is 17.6 Å². The summed E-state index contributed by atoms with van der Waals surface area (Å²) in [5, 5.41) is 0. The van der Waals surface area contributed by atoms with Crippen molar-refractivity contribution in [2.75, 3.05) is 13.1 Å². The van der Waals surface area contributed by atoms with Gasteiger partial charge in [0.05, 0.1) is 5.41 Å². The van der Waals surface area contributed by atoms with E-state index < -0.39 is 5.41 Å². The smallest absolute Gasteiger partial charge is 0.224 e. The number of hydrogen-bond donors (Lipinski definition) is 1. The minimum atomic E-state index is -0.454. The average molecular weight is 315 g/mol. The van der Waals surface area contributed by atoms with E-state index in [-0.39, 0.29) is 11.7 Å². The molecule has 1 saturated heterocycles. The molecule has 1 aliphatic heterocycles. The first-order valence-electron chi connectivity index (χ1n) is 5.86. The number of likely N-dealkylation sites (tertiary alicyclic amines) is 1. The van der Waals surface area contributed by atoms with Gasteiger partial charge >= 0.3 is 0 Å². The molecule has 1 aliphatic rings. The molecule has 1 atom stereocenters. The zero-order valence-corrected chi connectivity index (χ0v) is 11.8. The van der Waals surface area contributed by atoms with Crippen molar-refractivity contribution >= 4 is 21.8 Å². The van der Waals surface area contributed by atoms with Gasteiger partial charge in [-0.15, -0.1) is 0 Å². The predicted octanol–water partition coefficient (Wildman–Crippen LogP) is 2.29. The lowest BCUT2D eigenvalue weighted by molar-refractivity contribution is -0.126. The summed E-state index contributed by atoms with van der Waals surface area (Å²) in [7, 11) is 0. The molecule has 2 rings (SSSR count). The van der Waals surface area contributed by atoms with Crippen molar-refractivity contribution in [3.05, 3.63) is 34.1 Å². The normalized spacial score (nSPS) is 24.4. The van der Waals surface area contributed by atoms with Crippen LogP contribution in [0.25, 0.3) is 0 Å². The van der Waals surface area contributed by atoms with E-state index in [4.69, 9.17) is 5.73 Å². The van der Waals surface area contributed by atoms with Crippen LogP contribution >= 0.6 is 15.9 Å². The first-order valence-corrected chi connectivity index (χ1v) is 6.66. The molecular weight excluding hydrogens is 299 g/mol. The molecule has 1 unspecified atom stereocenters. The lowest BCUT2D eigenvalue weighted by Crippen LogP contribution is -2.36. The van der Waals surface area contributed by atoms with Crippen molar-refractivity contribution in [1.82, 2.24) is 4.90 Å². The highest BCUT2D eigenvalue weighted by Gasteiger charge is 2.38. The van der Waals surface area contributed by atoms with E-state index in [0.717, 1.165) is 23.0 Å². The molecule has 2 N–H and O–H groups in total. The number of nitrogens with zero attached hydrogens (tertiary/aromatic N) is 1. The minimum absolute atomic E-state index is 0.253. The molecule has 1 amide bonds. The molecule has 98 valence electrons. The molecule has 0 saturated carbocycles. The van der Waals surface area contributed by atoms with Crippen LogP contribution in [0.5, 0.6) is 0 Å². The van der Waals surface area contributed by atoms with Gasteiger partial charge in [0.1, 0.15) is 5.82 Å². The topological polar surface area (TPSA) is 46.3 Å². The SMILES string of the molecule is CC1(C(N)=O)CCN(Cc2cc(F)cc(Br)c2)C1. The Morgan fingerprint density at radius 3 is 2.83 bits per heavy atom. The van der Waals surface area contributed by atoms with Crippen molar-refractivity contribution in [1.29, 1.82) is 0 Å². The Kier molecular flexibility index (Phi) is 3.73. The van der Waals surface area contributed by atoms with E-state index >= 15 is 0 Å². The van der Waals surface area contributed by atoms with Crippen LogP contribution in [0.2, 0.25) is 0 Å². The summed E-state index contributed by atoms with van der Waals surface area (Å²) in [5.41, 5.74) is 5.85. The van der Waals surface area contributed by atoms with Crippen LogP contribution in [0, 0.1) is 11.2 Å². The summed E-state index contributed by atoms with van der Waals surface area (Å²) in [4.78, 5) is 13.5. The molecule has 0 aliphatic carbocycles. The largest absolute Gasteiger partial charge is 0.369 e. The molecule has 1 aromatic carbocycles. The lowest BCUT2D eigenvalue weighted by Gasteiger charge is -2.21. The molecule has 5 heteroatoms. The van der Waals surface area contributed by atoms with Gasteiger partial charge in [-0.1, -0.05) is 15.9 Å². The van der Waals surface area contributed by atoms with Crippen LogP contribution in [0.3, 0.4) is 0 Å². The molecule has 18 heavy (non-hydrogen) atoms. The number of halogens is 2. The van der Waals surface area contributed by atoms with Gasteiger partial charge in [0.25, 0.3) is 0 Å². The maximum atomic E-state index is 13.3. The highest BCUT2D eigenvalue weighted by molar-refractivity contribution is 9.10. The van der Waals surface area contributed by atoms with Crippen molar-refractivity contribution < 1.29 is 9.18 Å². The number of carbonyl (C=O) groups excluding carboxylic acids is 1. The summed E-state index contributed by atoms with van der Waals surface area (Å²) >= 11 is 3.28. The summed E-state index contributed by atoms with van der Waals surface area (Å²) < 4.78 is 14.0. The maximum Gasteiger partial charge on any atom is 0.224 e. The molecular formula is C13H16BrFN2O. The van der Waals surface area contributed by atoms with Crippen molar-refractivity contribution in [2.24, 2.45) is 11.1 Å². The molecule has 0 spiro atoms. The summed E-state index contributed by atoms with van der Waals surface area (Å²) in [6.07, 6.45) is 0.763. The molecule has 0 bridgehead atoms. The van der Waals surface area contributed by atoms with Gasteiger partial charge in [0.15, 0.2) is 0 Å². The summed E-state index contributed by atoms with van der Waals surface area (Å²) in [6, 6.07) is 4.84. The monoisotopic (exact) mass is 314 g/mol. The van der Waals surface area contributed by atoms with Gasteiger partial charge < -0.3 is 5.73 Å². The second-order valence-electron chi connectivity index (χ2n) is 5.16.